The molecule has 0 unspecified atom stereocenters. The minimum Gasteiger partial charge on any atom is -0.477 e. The van der Waals surface area contributed by atoms with Crippen LogP contribution < -0.4 is 0 Å². The number of hydrogen-bond acceptors (Lipinski definition) is 3. The summed E-state index contributed by atoms with van der Waals surface area (Å²) in [4.78, 5) is 14.9. The van der Waals surface area contributed by atoms with E-state index in [4.69, 9.17) is 16.7 Å². The number of hydrogen-bond donors (Lipinski definition) is 1. The minimum absolute atomic E-state index is 0.0500. The number of carboxylic acid groups (broad SMARTS) is 1. The van der Waals surface area contributed by atoms with Gasteiger partial charge in [0.15, 0.2) is 10.0 Å². The highest BCUT2D eigenvalue weighted by Gasteiger charge is 2.16. The van der Waals surface area contributed by atoms with Gasteiger partial charge in [-0.15, -0.1) is 11.3 Å². The van der Waals surface area contributed by atoms with Gasteiger partial charge in [-0.3, -0.25) is 0 Å². The van der Waals surface area contributed by atoms with E-state index in [1.807, 2.05) is 31.2 Å². The molecule has 5 heteroatoms. The standard InChI is InChI=1S/C11H8ClNO2S/c1-6-3-2-4-7(5-6)10-13-9(12)8(16-10)11(14)15/h2-5H,1H3,(H,14,15). The number of aromatic nitrogens is 1. The second kappa shape index (κ2) is 4.23. The van der Waals surface area contributed by atoms with Crippen LogP contribution in [0.5, 0.6) is 0 Å². The van der Waals surface area contributed by atoms with E-state index >= 15 is 0 Å². The third kappa shape index (κ3) is 2.08. The van der Waals surface area contributed by atoms with Crippen LogP contribution in [0.15, 0.2) is 24.3 Å². The van der Waals surface area contributed by atoms with Crippen molar-refractivity contribution in [1.29, 1.82) is 0 Å². The lowest BCUT2D eigenvalue weighted by atomic mass is 10.1. The maximum absolute atomic E-state index is 10.8. The molecule has 0 bridgehead atoms. The summed E-state index contributed by atoms with van der Waals surface area (Å²) in [5.74, 6) is -1.04. The Morgan fingerprint density at radius 3 is 2.81 bits per heavy atom. The van der Waals surface area contributed by atoms with Gasteiger partial charge < -0.3 is 5.11 Å². The van der Waals surface area contributed by atoms with Gasteiger partial charge in [0.05, 0.1) is 0 Å². The first-order valence-electron chi connectivity index (χ1n) is 4.54. The molecule has 1 aromatic carbocycles. The van der Waals surface area contributed by atoms with Gasteiger partial charge >= 0.3 is 5.97 Å². The molecule has 0 fully saturated rings. The minimum atomic E-state index is -1.04. The van der Waals surface area contributed by atoms with E-state index in [0.717, 1.165) is 22.5 Å². The summed E-state index contributed by atoms with van der Waals surface area (Å²) in [6, 6.07) is 7.70. The molecule has 82 valence electrons. The summed E-state index contributed by atoms with van der Waals surface area (Å²) in [6.45, 7) is 1.97. The Bertz CT molecular complexity index is 551. The predicted octanol–water partition coefficient (Wildman–Crippen LogP) is 3.47. The van der Waals surface area contributed by atoms with Crippen LogP contribution in [-0.4, -0.2) is 16.1 Å². The van der Waals surface area contributed by atoms with Gasteiger partial charge in [0.2, 0.25) is 0 Å². The fourth-order valence-corrected chi connectivity index (χ4v) is 2.46. The average molecular weight is 254 g/mol. The molecular weight excluding hydrogens is 246 g/mol. The van der Waals surface area contributed by atoms with Crippen LogP contribution in [0.25, 0.3) is 10.6 Å². The van der Waals surface area contributed by atoms with E-state index < -0.39 is 5.97 Å². The number of carboxylic acids is 1. The van der Waals surface area contributed by atoms with Crippen LogP contribution in [0.1, 0.15) is 15.2 Å². The molecule has 0 amide bonds. The molecule has 0 saturated heterocycles. The summed E-state index contributed by atoms with van der Waals surface area (Å²) in [7, 11) is 0. The highest BCUT2D eigenvalue weighted by Crippen LogP contribution is 2.31. The SMILES string of the molecule is Cc1cccc(-c2nc(Cl)c(C(=O)O)s2)c1. The number of aryl methyl sites for hydroxylation is 1. The average Bonchev–Trinajstić information content (AvgIpc) is 2.60. The van der Waals surface area contributed by atoms with Gasteiger partial charge in [0.1, 0.15) is 5.01 Å². The fraction of sp³-hybridized carbons (Fsp3) is 0.0909. The normalized spacial score (nSPS) is 10.4. The lowest BCUT2D eigenvalue weighted by Crippen LogP contribution is -1.91. The summed E-state index contributed by atoms with van der Waals surface area (Å²) >= 11 is 6.83. The Morgan fingerprint density at radius 1 is 1.50 bits per heavy atom. The number of nitrogens with zero attached hydrogens (tertiary/aromatic N) is 1. The smallest absolute Gasteiger partial charge is 0.349 e. The van der Waals surface area contributed by atoms with E-state index in [0.29, 0.717) is 5.01 Å². The largest absolute Gasteiger partial charge is 0.477 e. The molecule has 2 aromatic rings. The van der Waals surface area contributed by atoms with Gasteiger partial charge in [-0.25, -0.2) is 9.78 Å². The number of benzene rings is 1. The number of carbonyl (C=O) groups is 1. The van der Waals surface area contributed by atoms with Crippen LogP contribution in [0.3, 0.4) is 0 Å². The maximum atomic E-state index is 10.8. The van der Waals surface area contributed by atoms with Gasteiger partial charge in [-0.05, 0) is 13.0 Å². The highest BCUT2D eigenvalue weighted by molar-refractivity contribution is 7.17. The van der Waals surface area contributed by atoms with Crippen molar-refractivity contribution in [3.63, 3.8) is 0 Å². The van der Waals surface area contributed by atoms with E-state index in [-0.39, 0.29) is 10.0 Å². The van der Waals surface area contributed by atoms with Crippen LogP contribution >= 0.6 is 22.9 Å². The Morgan fingerprint density at radius 2 is 2.25 bits per heavy atom. The van der Waals surface area contributed by atoms with Crippen LogP contribution in [0.2, 0.25) is 5.15 Å². The molecule has 1 heterocycles. The molecule has 1 N–H and O–H groups in total. The highest BCUT2D eigenvalue weighted by atomic mass is 35.5. The number of aromatic carboxylic acids is 1. The maximum Gasteiger partial charge on any atom is 0.349 e. The lowest BCUT2D eigenvalue weighted by molar-refractivity contribution is 0.0702. The van der Waals surface area contributed by atoms with Gasteiger partial charge in [-0.1, -0.05) is 35.4 Å². The number of halogens is 1. The second-order valence-electron chi connectivity index (χ2n) is 3.31. The molecule has 3 nitrogen and oxygen atoms in total. The van der Waals surface area contributed by atoms with Gasteiger partial charge in [0, 0.05) is 5.56 Å². The van der Waals surface area contributed by atoms with Crippen molar-refractivity contribution in [2.24, 2.45) is 0 Å². The molecule has 16 heavy (non-hydrogen) atoms. The third-order valence-corrected chi connectivity index (χ3v) is 3.52. The molecule has 0 atom stereocenters. The molecule has 0 aliphatic carbocycles. The molecule has 0 radical (unpaired) electrons. The summed E-state index contributed by atoms with van der Waals surface area (Å²) in [6.07, 6.45) is 0. The summed E-state index contributed by atoms with van der Waals surface area (Å²) < 4.78 is 0. The van der Waals surface area contributed by atoms with Crippen LogP contribution in [0.4, 0.5) is 0 Å². The zero-order valence-electron chi connectivity index (χ0n) is 8.40. The van der Waals surface area contributed by atoms with Gasteiger partial charge in [-0.2, -0.15) is 0 Å². The lowest BCUT2D eigenvalue weighted by Gasteiger charge is -1.96. The van der Waals surface area contributed by atoms with E-state index in [1.165, 1.54) is 0 Å². The first kappa shape index (κ1) is 11.1. The van der Waals surface area contributed by atoms with Crippen LogP contribution in [-0.2, 0) is 0 Å². The monoisotopic (exact) mass is 253 g/mol. The van der Waals surface area contributed by atoms with E-state index in [9.17, 15) is 4.79 Å². The van der Waals surface area contributed by atoms with Crippen molar-refractivity contribution < 1.29 is 9.90 Å². The number of rotatable bonds is 2. The number of thiazole rings is 1. The molecule has 2 rings (SSSR count). The zero-order valence-corrected chi connectivity index (χ0v) is 9.97. The van der Waals surface area contributed by atoms with Crippen molar-refractivity contribution in [2.45, 2.75) is 6.92 Å². The quantitative estimate of drug-likeness (QED) is 0.892. The van der Waals surface area contributed by atoms with Gasteiger partial charge in [0.25, 0.3) is 0 Å². The Labute approximate surface area is 101 Å². The first-order valence-corrected chi connectivity index (χ1v) is 5.74. The Kier molecular flexibility index (Phi) is 2.94. The Hall–Kier alpha value is -1.39. The third-order valence-electron chi connectivity index (χ3n) is 2.05. The zero-order chi connectivity index (χ0) is 11.7. The van der Waals surface area contributed by atoms with Crippen LogP contribution in [0, 0.1) is 6.92 Å². The Balaban J connectivity index is 2.49. The molecule has 0 spiro atoms. The van der Waals surface area contributed by atoms with E-state index in [2.05, 4.69) is 4.98 Å². The van der Waals surface area contributed by atoms with Crippen molar-refractivity contribution >= 4 is 28.9 Å². The summed E-state index contributed by atoms with van der Waals surface area (Å²) in [5, 5.41) is 9.55. The summed E-state index contributed by atoms with van der Waals surface area (Å²) in [5.41, 5.74) is 1.99. The van der Waals surface area contributed by atoms with Crippen molar-refractivity contribution in [1.82, 2.24) is 4.98 Å². The van der Waals surface area contributed by atoms with Crippen molar-refractivity contribution in [2.75, 3.05) is 0 Å². The molecule has 0 aliphatic rings. The van der Waals surface area contributed by atoms with Crippen molar-refractivity contribution in [3.8, 4) is 10.6 Å². The predicted molar refractivity (Wildman–Crippen MR) is 64.3 cm³/mol. The second-order valence-corrected chi connectivity index (χ2v) is 4.67. The first-order chi connectivity index (χ1) is 7.58. The van der Waals surface area contributed by atoms with E-state index in [1.54, 1.807) is 0 Å². The molecule has 1 aromatic heterocycles. The van der Waals surface area contributed by atoms with Crippen molar-refractivity contribution in [3.05, 3.63) is 39.9 Å². The topological polar surface area (TPSA) is 50.2 Å². The fourth-order valence-electron chi connectivity index (χ4n) is 1.33. The molecular formula is C11H8ClNO2S. The molecule has 0 aliphatic heterocycles. The molecule has 0 saturated carbocycles.